The van der Waals surface area contributed by atoms with Gasteiger partial charge in [-0.2, -0.15) is 0 Å². The highest BCUT2D eigenvalue weighted by Crippen LogP contribution is 2.42. The molecule has 0 aromatic rings. The molecule has 4 unspecified atom stereocenters. The molecular formula is C17H33NOS. The molecule has 2 nitrogen and oxygen atoms in total. The third kappa shape index (κ3) is 3.47. The topological polar surface area (TPSA) is 29.1 Å². The Hall–Kier alpha value is 0.110. The van der Waals surface area contributed by atoms with Crippen LogP contribution in [0.1, 0.15) is 72.1 Å². The molecule has 0 radical (unpaired) electrons. The van der Waals surface area contributed by atoms with E-state index in [2.05, 4.69) is 33.1 Å². The molecule has 2 aliphatic rings. The third-order valence-electron chi connectivity index (χ3n) is 6.11. The zero-order valence-corrected chi connectivity index (χ0v) is 14.6. The van der Waals surface area contributed by atoms with Crippen molar-refractivity contribution in [2.45, 2.75) is 88.7 Å². The van der Waals surface area contributed by atoms with Crippen molar-refractivity contribution in [2.75, 3.05) is 7.05 Å². The molecule has 2 saturated carbocycles. The van der Waals surface area contributed by atoms with Crippen molar-refractivity contribution in [3.8, 4) is 0 Å². The van der Waals surface area contributed by atoms with Gasteiger partial charge in [0.05, 0.1) is 5.25 Å². The van der Waals surface area contributed by atoms with Crippen molar-refractivity contribution in [3.05, 3.63) is 0 Å². The van der Waals surface area contributed by atoms with Crippen LogP contribution in [0, 0.1) is 11.3 Å². The molecule has 0 aromatic heterocycles. The molecule has 4 atom stereocenters. The Morgan fingerprint density at radius 1 is 1.15 bits per heavy atom. The molecule has 0 bridgehead atoms. The van der Waals surface area contributed by atoms with Crippen LogP contribution in [0.2, 0.25) is 0 Å². The van der Waals surface area contributed by atoms with Gasteiger partial charge < -0.3 is 5.32 Å². The van der Waals surface area contributed by atoms with E-state index < -0.39 is 10.8 Å². The highest BCUT2D eigenvalue weighted by atomic mass is 32.2. The summed E-state index contributed by atoms with van der Waals surface area (Å²) in [5.41, 5.74) is 0.400. The fourth-order valence-corrected chi connectivity index (χ4v) is 6.39. The SMILES string of the molecule is CCC(C)(C)C1CCC(NC)C(S(=O)C2CCCC2)C1. The van der Waals surface area contributed by atoms with Gasteiger partial charge in [-0.05, 0) is 50.5 Å². The number of hydrogen-bond donors (Lipinski definition) is 1. The zero-order chi connectivity index (χ0) is 14.8. The Balaban J connectivity index is 2.08. The van der Waals surface area contributed by atoms with Crippen LogP contribution in [0.3, 0.4) is 0 Å². The molecule has 2 fully saturated rings. The average Bonchev–Trinajstić information content (AvgIpc) is 3.00. The first-order valence-electron chi connectivity index (χ1n) is 8.56. The predicted octanol–water partition coefficient (Wildman–Crippen LogP) is 3.87. The van der Waals surface area contributed by atoms with E-state index in [0.29, 0.717) is 22.0 Å². The summed E-state index contributed by atoms with van der Waals surface area (Å²) in [7, 11) is 1.42. The van der Waals surface area contributed by atoms with E-state index in [0.717, 1.165) is 12.3 Å². The van der Waals surface area contributed by atoms with Gasteiger partial charge in [-0.3, -0.25) is 4.21 Å². The second-order valence-corrected chi connectivity index (χ2v) is 9.45. The van der Waals surface area contributed by atoms with E-state index in [1.807, 2.05) is 0 Å². The number of rotatable bonds is 5. The standard InChI is InChI=1S/C17H33NOS/c1-5-17(2,3)13-10-11-15(18-4)16(12-13)20(19)14-8-6-7-9-14/h13-16,18H,5-12H2,1-4H3. The molecule has 0 aliphatic heterocycles. The van der Waals surface area contributed by atoms with Crippen molar-refractivity contribution in [1.82, 2.24) is 5.32 Å². The molecule has 0 aromatic carbocycles. The van der Waals surface area contributed by atoms with Crippen LogP contribution in [-0.2, 0) is 10.8 Å². The smallest absolute Gasteiger partial charge is 0.0506 e. The molecule has 0 amide bonds. The Bertz CT molecular complexity index is 336. The van der Waals surface area contributed by atoms with E-state index in [1.165, 1.54) is 44.9 Å². The molecular weight excluding hydrogens is 266 g/mol. The number of hydrogen-bond acceptors (Lipinski definition) is 2. The molecule has 3 heteroatoms. The molecule has 0 heterocycles. The molecule has 0 saturated heterocycles. The van der Waals surface area contributed by atoms with Crippen LogP contribution in [-0.4, -0.2) is 27.8 Å². The average molecular weight is 300 g/mol. The molecule has 118 valence electrons. The van der Waals surface area contributed by atoms with Gasteiger partial charge in [0.25, 0.3) is 0 Å². The van der Waals surface area contributed by atoms with Crippen molar-refractivity contribution in [2.24, 2.45) is 11.3 Å². The fourth-order valence-electron chi connectivity index (χ4n) is 4.08. The summed E-state index contributed by atoms with van der Waals surface area (Å²) in [6, 6.07) is 0.473. The summed E-state index contributed by atoms with van der Waals surface area (Å²) >= 11 is 0. The fraction of sp³-hybridized carbons (Fsp3) is 1.00. The lowest BCUT2D eigenvalue weighted by atomic mass is 9.68. The number of nitrogens with one attached hydrogen (secondary N) is 1. The molecule has 1 N–H and O–H groups in total. The van der Waals surface area contributed by atoms with Crippen molar-refractivity contribution in [1.29, 1.82) is 0 Å². The summed E-state index contributed by atoms with van der Waals surface area (Å²) in [6.07, 6.45) is 9.86. The molecule has 20 heavy (non-hydrogen) atoms. The Labute approximate surface area is 127 Å². The van der Waals surface area contributed by atoms with Crippen molar-refractivity contribution < 1.29 is 4.21 Å². The maximum absolute atomic E-state index is 13.0. The minimum Gasteiger partial charge on any atom is -0.316 e. The van der Waals surface area contributed by atoms with E-state index in [-0.39, 0.29) is 0 Å². The second-order valence-electron chi connectivity index (χ2n) is 7.52. The predicted molar refractivity (Wildman–Crippen MR) is 88.4 cm³/mol. The maximum atomic E-state index is 13.0. The van der Waals surface area contributed by atoms with Crippen LogP contribution >= 0.6 is 0 Å². The van der Waals surface area contributed by atoms with E-state index in [4.69, 9.17) is 0 Å². The van der Waals surface area contributed by atoms with Gasteiger partial charge in [0.1, 0.15) is 0 Å². The van der Waals surface area contributed by atoms with Crippen LogP contribution < -0.4 is 5.32 Å². The molecule has 0 spiro atoms. The van der Waals surface area contributed by atoms with Gasteiger partial charge in [-0.25, -0.2) is 0 Å². The summed E-state index contributed by atoms with van der Waals surface area (Å²) in [4.78, 5) is 0. The lowest BCUT2D eigenvalue weighted by Crippen LogP contribution is -2.48. The highest BCUT2D eigenvalue weighted by molar-refractivity contribution is 7.86. The van der Waals surface area contributed by atoms with Gasteiger partial charge in [0, 0.05) is 22.1 Å². The van der Waals surface area contributed by atoms with Gasteiger partial charge in [-0.15, -0.1) is 0 Å². The normalized spacial score (nSPS) is 34.3. The molecule has 2 aliphatic carbocycles. The summed E-state index contributed by atoms with van der Waals surface area (Å²) < 4.78 is 13.0. The summed E-state index contributed by atoms with van der Waals surface area (Å²) in [5.74, 6) is 0.743. The van der Waals surface area contributed by atoms with Crippen LogP contribution in [0.4, 0.5) is 0 Å². The first-order valence-corrected chi connectivity index (χ1v) is 9.84. The van der Waals surface area contributed by atoms with Gasteiger partial charge >= 0.3 is 0 Å². The van der Waals surface area contributed by atoms with Crippen molar-refractivity contribution >= 4 is 10.8 Å². The minimum absolute atomic E-state index is 0.382. The first-order chi connectivity index (χ1) is 9.49. The van der Waals surface area contributed by atoms with Gasteiger partial charge in [0.2, 0.25) is 0 Å². The third-order valence-corrected chi connectivity index (χ3v) is 8.35. The largest absolute Gasteiger partial charge is 0.316 e. The van der Waals surface area contributed by atoms with Gasteiger partial charge in [0.15, 0.2) is 0 Å². The zero-order valence-electron chi connectivity index (χ0n) is 13.8. The Kier molecular flexibility index (Phi) is 5.70. The van der Waals surface area contributed by atoms with Crippen LogP contribution in [0.5, 0.6) is 0 Å². The second kappa shape index (κ2) is 6.91. The van der Waals surface area contributed by atoms with Crippen LogP contribution in [0.15, 0.2) is 0 Å². The Morgan fingerprint density at radius 2 is 1.80 bits per heavy atom. The lowest BCUT2D eigenvalue weighted by Gasteiger charge is -2.43. The van der Waals surface area contributed by atoms with E-state index in [9.17, 15) is 4.21 Å². The maximum Gasteiger partial charge on any atom is 0.0506 e. The molecule has 2 rings (SSSR count). The van der Waals surface area contributed by atoms with Crippen molar-refractivity contribution in [3.63, 3.8) is 0 Å². The lowest BCUT2D eigenvalue weighted by molar-refractivity contribution is 0.141. The Morgan fingerprint density at radius 3 is 2.35 bits per heavy atom. The van der Waals surface area contributed by atoms with E-state index in [1.54, 1.807) is 0 Å². The van der Waals surface area contributed by atoms with E-state index >= 15 is 0 Å². The monoisotopic (exact) mass is 299 g/mol. The first kappa shape index (κ1) is 16.5. The minimum atomic E-state index is -0.632. The quantitative estimate of drug-likeness (QED) is 0.835. The van der Waals surface area contributed by atoms with Crippen LogP contribution in [0.25, 0.3) is 0 Å². The summed E-state index contributed by atoms with van der Waals surface area (Å²) in [6.45, 7) is 7.09. The van der Waals surface area contributed by atoms with Gasteiger partial charge in [-0.1, -0.05) is 40.0 Å². The summed E-state index contributed by atoms with van der Waals surface area (Å²) in [5, 5.41) is 4.32. The highest BCUT2D eigenvalue weighted by Gasteiger charge is 2.41.